The Hall–Kier alpha value is -3.01. The van der Waals surface area contributed by atoms with Crippen LogP contribution in [-0.4, -0.2) is 4.98 Å². The summed E-state index contributed by atoms with van der Waals surface area (Å²) in [7, 11) is 0. The van der Waals surface area contributed by atoms with Crippen LogP contribution in [0.3, 0.4) is 0 Å². The number of benzene rings is 3. The highest BCUT2D eigenvalue weighted by Crippen LogP contribution is 2.41. The molecule has 0 saturated heterocycles. The molecule has 37 heavy (non-hydrogen) atoms. The molecule has 0 radical (unpaired) electrons. The van der Waals surface area contributed by atoms with Crippen LogP contribution in [0.25, 0.3) is 53.5 Å². The van der Waals surface area contributed by atoms with Crippen LogP contribution in [0.5, 0.6) is 0 Å². The van der Waals surface area contributed by atoms with Gasteiger partial charge in [-0.25, -0.2) is 4.98 Å². The Bertz CT molecular complexity index is 1780. The van der Waals surface area contributed by atoms with Gasteiger partial charge in [0.1, 0.15) is 0 Å². The van der Waals surface area contributed by atoms with E-state index in [0.29, 0.717) is 5.92 Å². The quantitative estimate of drug-likeness (QED) is 0.226. The summed E-state index contributed by atoms with van der Waals surface area (Å²) in [5.41, 5.74) is 8.76. The molecule has 0 aliphatic carbocycles. The van der Waals surface area contributed by atoms with Crippen LogP contribution in [0.2, 0.25) is 0 Å². The molecule has 186 valence electrons. The summed E-state index contributed by atoms with van der Waals surface area (Å²) < 4.78 is 2.64. The lowest BCUT2D eigenvalue weighted by Crippen LogP contribution is -2.12. The molecule has 0 aliphatic rings. The van der Waals surface area contributed by atoms with E-state index in [-0.39, 0.29) is 5.41 Å². The SMILES string of the molecule is Cc1cc2nc(-c3cc(C(C)(C)C)c4ccccc4c3)cc(-c3ccc4c(CC(C)C)csc4c3)c2s1. The number of aryl methyl sites for hydroxylation is 1. The number of hydrogen-bond donors (Lipinski definition) is 0. The van der Waals surface area contributed by atoms with Gasteiger partial charge in [0.2, 0.25) is 0 Å². The monoisotopic (exact) mass is 519 g/mol. The minimum Gasteiger partial charge on any atom is -0.247 e. The number of hydrogen-bond acceptors (Lipinski definition) is 3. The van der Waals surface area contributed by atoms with Gasteiger partial charge in [-0.3, -0.25) is 0 Å². The first-order valence-corrected chi connectivity index (χ1v) is 14.8. The smallest absolute Gasteiger partial charge is 0.0826 e. The fourth-order valence-corrected chi connectivity index (χ4v) is 7.43. The number of fused-ring (bicyclic) bond motifs is 3. The highest BCUT2D eigenvalue weighted by atomic mass is 32.1. The molecule has 6 aromatic rings. The topological polar surface area (TPSA) is 12.9 Å². The zero-order chi connectivity index (χ0) is 25.9. The van der Waals surface area contributed by atoms with Crippen molar-refractivity contribution in [2.24, 2.45) is 5.92 Å². The fourth-order valence-electron chi connectivity index (χ4n) is 5.43. The molecule has 3 aromatic carbocycles. The molecule has 3 heteroatoms. The lowest BCUT2D eigenvalue weighted by molar-refractivity contribution is 0.596. The normalized spacial score (nSPS) is 12.4. The van der Waals surface area contributed by atoms with Gasteiger partial charge in [-0.1, -0.05) is 71.0 Å². The average Bonchev–Trinajstić information content (AvgIpc) is 3.43. The van der Waals surface area contributed by atoms with Crippen molar-refractivity contribution in [1.29, 1.82) is 0 Å². The molecule has 0 spiro atoms. The maximum atomic E-state index is 5.19. The molecule has 3 heterocycles. The molecular weight excluding hydrogens is 487 g/mol. The molecule has 0 amide bonds. The minimum absolute atomic E-state index is 0.0411. The van der Waals surface area contributed by atoms with Crippen LogP contribution in [0, 0.1) is 12.8 Å². The molecular formula is C34H33NS2. The molecule has 0 fully saturated rings. The van der Waals surface area contributed by atoms with Crippen LogP contribution >= 0.6 is 22.7 Å². The van der Waals surface area contributed by atoms with Crippen molar-refractivity contribution in [2.75, 3.05) is 0 Å². The third-order valence-electron chi connectivity index (χ3n) is 7.16. The highest BCUT2D eigenvalue weighted by Gasteiger charge is 2.20. The van der Waals surface area contributed by atoms with E-state index in [4.69, 9.17) is 4.98 Å². The second-order valence-corrected chi connectivity index (χ2v) is 13.9. The first-order chi connectivity index (χ1) is 17.7. The standard InChI is InChI=1S/C34H33NS2/c1-20(2)13-25-19-36-32-17-23(11-12-27(25)32)28-18-30(35-31-14-21(3)37-33(28)31)24-15-22-9-7-8-10-26(22)29(16-24)34(4,5)6/h7-12,14-20H,13H2,1-6H3. The first kappa shape index (κ1) is 24.3. The summed E-state index contributed by atoms with van der Waals surface area (Å²) in [6, 6.07) is 25.0. The number of aromatic nitrogens is 1. The third kappa shape index (κ3) is 4.49. The Morgan fingerprint density at radius 3 is 2.46 bits per heavy atom. The van der Waals surface area contributed by atoms with Crippen molar-refractivity contribution in [3.05, 3.63) is 88.1 Å². The highest BCUT2D eigenvalue weighted by molar-refractivity contribution is 7.19. The maximum absolute atomic E-state index is 5.19. The van der Waals surface area contributed by atoms with E-state index in [1.165, 1.54) is 58.3 Å². The predicted molar refractivity (Wildman–Crippen MR) is 165 cm³/mol. The Balaban J connectivity index is 1.56. The summed E-state index contributed by atoms with van der Waals surface area (Å²) in [5.74, 6) is 0.661. The summed E-state index contributed by atoms with van der Waals surface area (Å²) in [4.78, 5) is 6.49. The van der Waals surface area contributed by atoms with Crippen LogP contribution in [0.15, 0.2) is 72.1 Å². The largest absolute Gasteiger partial charge is 0.247 e. The van der Waals surface area contributed by atoms with Gasteiger partial charge in [0, 0.05) is 20.7 Å². The van der Waals surface area contributed by atoms with Crippen molar-refractivity contribution in [1.82, 2.24) is 4.98 Å². The Morgan fingerprint density at radius 2 is 1.68 bits per heavy atom. The predicted octanol–water partition coefficient (Wildman–Crippen LogP) is 10.8. The molecule has 0 bridgehead atoms. The van der Waals surface area contributed by atoms with Crippen LogP contribution in [0.1, 0.15) is 50.6 Å². The molecule has 6 rings (SSSR count). The minimum atomic E-state index is 0.0411. The molecule has 0 atom stereocenters. The maximum Gasteiger partial charge on any atom is 0.0826 e. The lowest BCUT2D eigenvalue weighted by atomic mass is 9.82. The van der Waals surface area contributed by atoms with Gasteiger partial charge in [-0.15, -0.1) is 22.7 Å². The van der Waals surface area contributed by atoms with Gasteiger partial charge in [0.05, 0.1) is 15.9 Å². The first-order valence-electron chi connectivity index (χ1n) is 13.1. The van der Waals surface area contributed by atoms with E-state index in [1.807, 2.05) is 22.7 Å². The molecule has 3 aromatic heterocycles. The van der Waals surface area contributed by atoms with Gasteiger partial charge < -0.3 is 0 Å². The number of pyridine rings is 1. The second-order valence-electron chi connectivity index (χ2n) is 11.7. The van der Waals surface area contributed by atoms with E-state index in [2.05, 4.69) is 114 Å². The zero-order valence-electron chi connectivity index (χ0n) is 22.5. The van der Waals surface area contributed by atoms with E-state index in [1.54, 1.807) is 0 Å². The van der Waals surface area contributed by atoms with Gasteiger partial charge in [-0.05, 0) is 93.2 Å². The summed E-state index contributed by atoms with van der Waals surface area (Å²) in [5, 5.41) is 6.35. The average molecular weight is 520 g/mol. The van der Waals surface area contributed by atoms with Crippen LogP contribution in [0.4, 0.5) is 0 Å². The summed E-state index contributed by atoms with van der Waals surface area (Å²) >= 11 is 3.72. The molecule has 0 unspecified atom stereocenters. The second kappa shape index (κ2) is 9.08. The Morgan fingerprint density at radius 1 is 0.865 bits per heavy atom. The zero-order valence-corrected chi connectivity index (χ0v) is 24.1. The lowest BCUT2D eigenvalue weighted by Gasteiger charge is -2.23. The van der Waals surface area contributed by atoms with Crippen LogP contribution in [-0.2, 0) is 11.8 Å². The number of rotatable bonds is 4. The molecule has 0 N–H and O–H groups in total. The summed E-state index contributed by atoms with van der Waals surface area (Å²) in [6.45, 7) is 13.7. The number of nitrogens with zero attached hydrogens (tertiary/aromatic N) is 1. The molecule has 0 saturated carbocycles. The van der Waals surface area contributed by atoms with Gasteiger partial charge in [0.15, 0.2) is 0 Å². The molecule has 1 nitrogen and oxygen atoms in total. The molecule has 0 aliphatic heterocycles. The van der Waals surface area contributed by atoms with Crippen molar-refractivity contribution in [3.8, 4) is 22.4 Å². The van der Waals surface area contributed by atoms with Crippen molar-refractivity contribution in [3.63, 3.8) is 0 Å². The van der Waals surface area contributed by atoms with Crippen molar-refractivity contribution in [2.45, 2.75) is 53.4 Å². The summed E-state index contributed by atoms with van der Waals surface area (Å²) in [6.07, 6.45) is 1.13. The van der Waals surface area contributed by atoms with Gasteiger partial charge in [0.25, 0.3) is 0 Å². The van der Waals surface area contributed by atoms with E-state index < -0.39 is 0 Å². The van der Waals surface area contributed by atoms with E-state index in [0.717, 1.165) is 17.6 Å². The third-order valence-corrected chi connectivity index (χ3v) is 9.23. The van der Waals surface area contributed by atoms with E-state index in [9.17, 15) is 0 Å². The number of thiophene rings is 2. The van der Waals surface area contributed by atoms with Gasteiger partial charge in [-0.2, -0.15) is 0 Å². The van der Waals surface area contributed by atoms with Crippen molar-refractivity contribution >= 4 is 53.7 Å². The fraction of sp³-hybridized carbons (Fsp3) is 0.265. The van der Waals surface area contributed by atoms with Crippen molar-refractivity contribution < 1.29 is 0 Å². The van der Waals surface area contributed by atoms with E-state index >= 15 is 0 Å². The van der Waals surface area contributed by atoms with Crippen LogP contribution < -0.4 is 0 Å². The Labute approximate surface area is 227 Å². The van der Waals surface area contributed by atoms with Gasteiger partial charge >= 0.3 is 0 Å². The Kier molecular flexibility index (Phi) is 5.97.